The van der Waals surface area contributed by atoms with Gasteiger partial charge < -0.3 is 14.8 Å². The summed E-state index contributed by atoms with van der Waals surface area (Å²) in [5.41, 5.74) is 1.29. The van der Waals surface area contributed by atoms with Gasteiger partial charge in [0.2, 0.25) is 0 Å². The van der Waals surface area contributed by atoms with Crippen molar-refractivity contribution in [3.63, 3.8) is 0 Å². The first-order valence-electron chi connectivity index (χ1n) is 7.57. The topological polar surface area (TPSA) is 33.7 Å². The smallest absolute Gasteiger partial charge is 0.161 e. The third kappa shape index (κ3) is 3.90. The molecule has 1 atom stereocenters. The molecule has 1 saturated heterocycles. The van der Waals surface area contributed by atoms with E-state index in [1.165, 1.54) is 5.56 Å². The first-order valence-corrected chi connectivity index (χ1v) is 8.36. The number of piperazine rings is 1. The van der Waals surface area contributed by atoms with E-state index in [-0.39, 0.29) is 0 Å². The van der Waals surface area contributed by atoms with Gasteiger partial charge in [-0.2, -0.15) is 0 Å². The normalized spacial score (nSPS) is 17.5. The van der Waals surface area contributed by atoms with E-state index in [9.17, 15) is 0 Å². The third-order valence-electron chi connectivity index (χ3n) is 4.02. The van der Waals surface area contributed by atoms with Gasteiger partial charge in [0.15, 0.2) is 11.5 Å². The standard InChI is InChI=1S/C16H25BrN2O2/c1-4-5-14(19-8-6-18-7-9-19)12-10-15(20-2)16(21-3)11-13(12)17/h10-11,14,18H,4-9H2,1-3H3/t14-/m0/s1. The van der Waals surface area contributed by atoms with Gasteiger partial charge in [0.25, 0.3) is 0 Å². The summed E-state index contributed by atoms with van der Waals surface area (Å²) in [6, 6.07) is 4.55. The Labute approximate surface area is 135 Å². The Morgan fingerprint density at radius 2 is 1.81 bits per heavy atom. The molecule has 0 amide bonds. The number of ether oxygens (including phenoxy) is 2. The Balaban J connectivity index is 2.34. The molecule has 1 fully saturated rings. The Morgan fingerprint density at radius 3 is 2.38 bits per heavy atom. The summed E-state index contributed by atoms with van der Waals surface area (Å²) in [6.45, 7) is 6.54. The molecular weight excluding hydrogens is 332 g/mol. The lowest BCUT2D eigenvalue weighted by Gasteiger charge is -2.36. The maximum absolute atomic E-state index is 5.47. The van der Waals surface area contributed by atoms with Crippen LogP contribution < -0.4 is 14.8 Å². The molecule has 1 aliphatic heterocycles. The molecule has 0 aliphatic carbocycles. The summed E-state index contributed by atoms with van der Waals surface area (Å²) in [6.07, 6.45) is 2.31. The van der Waals surface area contributed by atoms with Gasteiger partial charge in [-0.05, 0) is 24.1 Å². The van der Waals surface area contributed by atoms with Crippen LogP contribution in [0.2, 0.25) is 0 Å². The lowest BCUT2D eigenvalue weighted by Crippen LogP contribution is -2.45. The van der Waals surface area contributed by atoms with Crippen LogP contribution in [0.4, 0.5) is 0 Å². The lowest BCUT2D eigenvalue weighted by atomic mass is 9.99. The number of hydrogen-bond donors (Lipinski definition) is 1. The van der Waals surface area contributed by atoms with Crippen LogP contribution >= 0.6 is 15.9 Å². The average molecular weight is 357 g/mol. The number of benzene rings is 1. The molecule has 1 aromatic rings. The third-order valence-corrected chi connectivity index (χ3v) is 4.70. The highest BCUT2D eigenvalue weighted by Crippen LogP contribution is 2.39. The minimum atomic E-state index is 0.422. The number of halogens is 1. The zero-order valence-corrected chi connectivity index (χ0v) is 14.7. The van der Waals surface area contributed by atoms with Gasteiger partial charge in [0.1, 0.15) is 0 Å². The van der Waals surface area contributed by atoms with Gasteiger partial charge in [0.05, 0.1) is 14.2 Å². The zero-order valence-electron chi connectivity index (χ0n) is 13.1. The highest BCUT2D eigenvalue weighted by molar-refractivity contribution is 9.10. The SMILES string of the molecule is CCC[C@@H](c1cc(OC)c(OC)cc1Br)N1CCNCC1. The molecule has 0 spiro atoms. The summed E-state index contributed by atoms with van der Waals surface area (Å²) in [5, 5.41) is 3.42. The van der Waals surface area contributed by atoms with Crippen molar-refractivity contribution >= 4 is 15.9 Å². The molecule has 0 aromatic heterocycles. The van der Waals surface area contributed by atoms with Crippen LogP contribution in [0.3, 0.4) is 0 Å². The van der Waals surface area contributed by atoms with Gasteiger partial charge in [-0.1, -0.05) is 29.3 Å². The van der Waals surface area contributed by atoms with Crippen molar-refractivity contribution in [2.45, 2.75) is 25.8 Å². The number of nitrogens with one attached hydrogen (secondary N) is 1. The van der Waals surface area contributed by atoms with Crippen LogP contribution in [-0.2, 0) is 0 Å². The van der Waals surface area contributed by atoms with Gasteiger partial charge in [-0.3, -0.25) is 4.90 Å². The molecule has 5 heteroatoms. The second-order valence-electron chi connectivity index (χ2n) is 5.32. The van der Waals surface area contributed by atoms with Gasteiger partial charge in [-0.25, -0.2) is 0 Å². The van der Waals surface area contributed by atoms with Crippen molar-refractivity contribution < 1.29 is 9.47 Å². The number of methoxy groups -OCH3 is 2. The van der Waals surface area contributed by atoms with Crippen LogP contribution in [0.15, 0.2) is 16.6 Å². The molecule has 0 unspecified atom stereocenters. The number of rotatable bonds is 6. The molecule has 4 nitrogen and oxygen atoms in total. The predicted molar refractivity (Wildman–Crippen MR) is 89.3 cm³/mol. The van der Waals surface area contributed by atoms with Gasteiger partial charge in [-0.15, -0.1) is 0 Å². The average Bonchev–Trinajstić information content (AvgIpc) is 2.53. The Kier molecular flexibility index (Phi) is 6.33. The van der Waals surface area contributed by atoms with Crippen molar-refractivity contribution in [1.29, 1.82) is 0 Å². The predicted octanol–water partition coefficient (Wildman–Crippen LogP) is 3.21. The molecule has 0 radical (unpaired) electrons. The molecule has 1 N–H and O–H groups in total. The van der Waals surface area contributed by atoms with Gasteiger partial charge >= 0.3 is 0 Å². The molecule has 21 heavy (non-hydrogen) atoms. The van der Waals surface area contributed by atoms with Crippen molar-refractivity contribution in [2.75, 3.05) is 40.4 Å². The van der Waals surface area contributed by atoms with Crippen molar-refractivity contribution in [1.82, 2.24) is 10.2 Å². The van der Waals surface area contributed by atoms with Crippen molar-refractivity contribution in [3.8, 4) is 11.5 Å². The van der Waals surface area contributed by atoms with E-state index >= 15 is 0 Å². The second kappa shape index (κ2) is 8.01. The maximum atomic E-state index is 5.47. The summed E-state index contributed by atoms with van der Waals surface area (Å²) in [7, 11) is 3.36. The summed E-state index contributed by atoms with van der Waals surface area (Å²) in [4.78, 5) is 2.56. The summed E-state index contributed by atoms with van der Waals surface area (Å²) < 4.78 is 11.9. The first kappa shape index (κ1) is 16.6. The van der Waals surface area contributed by atoms with Gasteiger partial charge in [0, 0.05) is 36.7 Å². The largest absolute Gasteiger partial charge is 0.493 e. The van der Waals surface area contributed by atoms with Crippen LogP contribution in [-0.4, -0.2) is 45.3 Å². The highest BCUT2D eigenvalue weighted by atomic mass is 79.9. The minimum absolute atomic E-state index is 0.422. The molecule has 1 aliphatic rings. The van der Waals surface area contributed by atoms with E-state index in [2.05, 4.69) is 39.1 Å². The second-order valence-corrected chi connectivity index (χ2v) is 6.17. The summed E-state index contributed by atoms with van der Waals surface area (Å²) >= 11 is 3.71. The number of nitrogens with zero attached hydrogens (tertiary/aromatic N) is 1. The fraction of sp³-hybridized carbons (Fsp3) is 0.625. The molecule has 118 valence electrons. The number of hydrogen-bond acceptors (Lipinski definition) is 4. The Hall–Kier alpha value is -0.780. The van der Waals surface area contributed by atoms with Crippen LogP contribution in [0.5, 0.6) is 11.5 Å². The Bertz CT molecular complexity index is 462. The van der Waals surface area contributed by atoms with E-state index in [4.69, 9.17) is 9.47 Å². The molecule has 1 aromatic carbocycles. The fourth-order valence-corrected chi connectivity index (χ4v) is 3.51. The van der Waals surface area contributed by atoms with E-state index in [1.807, 2.05) is 6.07 Å². The monoisotopic (exact) mass is 356 g/mol. The molecule has 0 saturated carbocycles. The molecule has 2 rings (SSSR count). The van der Waals surface area contributed by atoms with E-state index in [0.29, 0.717) is 6.04 Å². The van der Waals surface area contributed by atoms with E-state index in [1.54, 1.807) is 14.2 Å². The van der Waals surface area contributed by atoms with Crippen LogP contribution in [0, 0.1) is 0 Å². The lowest BCUT2D eigenvalue weighted by molar-refractivity contribution is 0.164. The first-order chi connectivity index (χ1) is 10.2. The quantitative estimate of drug-likeness (QED) is 0.848. The maximum Gasteiger partial charge on any atom is 0.161 e. The summed E-state index contributed by atoms with van der Waals surface area (Å²) in [5.74, 6) is 1.57. The van der Waals surface area contributed by atoms with Crippen molar-refractivity contribution in [3.05, 3.63) is 22.2 Å². The zero-order chi connectivity index (χ0) is 15.2. The van der Waals surface area contributed by atoms with E-state index in [0.717, 1.165) is 55.0 Å². The molecule has 1 heterocycles. The minimum Gasteiger partial charge on any atom is -0.493 e. The molecule has 0 bridgehead atoms. The van der Waals surface area contributed by atoms with Crippen LogP contribution in [0.25, 0.3) is 0 Å². The van der Waals surface area contributed by atoms with E-state index < -0.39 is 0 Å². The molecular formula is C16H25BrN2O2. The Morgan fingerprint density at radius 1 is 1.19 bits per heavy atom. The highest BCUT2D eigenvalue weighted by Gasteiger charge is 2.24. The fourth-order valence-electron chi connectivity index (χ4n) is 2.93. The van der Waals surface area contributed by atoms with Crippen LogP contribution in [0.1, 0.15) is 31.4 Å². The van der Waals surface area contributed by atoms with Crippen molar-refractivity contribution in [2.24, 2.45) is 0 Å².